The molecule has 0 saturated carbocycles. The molecule has 1 aromatic rings. The summed E-state index contributed by atoms with van der Waals surface area (Å²) in [5.74, 6) is -0.234. The Hall–Kier alpha value is -1.51. The van der Waals surface area contributed by atoms with Crippen molar-refractivity contribution in [3.8, 4) is 5.95 Å². The van der Waals surface area contributed by atoms with E-state index in [9.17, 15) is 9.90 Å². The van der Waals surface area contributed by atoms with Crippen molar-refractivity contribution in [3.63, 3.8) is 0 Å². The van der Waals surface area contributed by atoms with Crippen molar-refractivity contribution in [2.75, 3.05) is 0 Å². The van der Waals surface area contributed by atoms with E-state index in [4.69, 9.17) is 0 Å². The molecule has 1 aliphatic rings. The molecule has 1 aromatic heterocycles. The number of fused-ring (bicyclic) bond motifs is 1. The summed E-state index contributed by atoms with van der Waals surface area (Å²) in [5, 5.41) is 9.24. The SMILES string of the molecule is O=c1cc2c(c(O)o1)CC=CC2. The van der Waals surface area contributed by atoms with Gasteiger partial charge in [-0.1, -0.05) is 12.2 Å². The smallest absolute Gasteiger partial charge is 0.338 e. The van der Waals surface area contributed by atoms with Crippen molar-refractivity contribution < 1.29 is 9.52 Å². The van der Waals surface area contributed by atoms with Crippen molar-refractivity contribution in [2.24, 2.45) is 0 Å². The third-order valence-corrected chi connectivity index (χ3v) is 1.96. The van der Waals surface area contributed by atoms with E-state index in [1.807, 2.05) is 12.2 Å². The van der Waals surface area contributed by atoms with Crippen LogP contribution in [0.4, 0.5) is 0 Å². The van der Waals surface area contributed by atoms with Gasteiger partial charge >= 0.3 is 5.63 Å². The van der Waals surface area contributed by atoms with Crippen LogP contribution in [0.2, 0.25) is 0 Å². The fourth-order valence-corrected chi connectivity index (χ4v) is 1.37. The molecular weight excluding hydrogens is 156 g/mol. The van der Waals surface area contributed by atoms with E-state index >= 15 is 0 Å². The molecule has 62 valence electrons. The normalized spacial score (nSPS) is 14.3. The van der Waals surface area contributed by atoms with Gasteiger partial charge < -0.3 is 9.52 Å². The summed E-state index contributed by atoms with van der Waals surface area (Å²) in [4.78, 5) is 10.8. The highest BCUT2D eigenvalue weighted by Crippen LogP contribution is 2.23. The zero-order chi connectivity index (χ0) is 8.55. The Morgan fingerprint density at radius 3 is 2.92 bits per heavy atom. The van der Waals surface area contributed by atoms with E-state index in [-0.39, 0.29) is 5.95 Å². The van der Waals surface area contributed by atoms with Gasteiger partial charge in [-0.2, -0.15) is 0 Å². The number of allylic oxidation sites excluding steroid dienone is 2. The van der Waals surface area contributed by atoms with Gasteiger partial charge in [-0.05, 0) is 18.4 Å². The van der Waals surface area contributed by atoms with Crippen molar-refractivity contribution in [1.82, 2.24) is 0 Å². The Bertz CT molecular complexity index is 387. The molecule has 0 saturated heterocycles. The molecule has 0 aromatic carbocycles. The Balaban J connectivity index is 2.65. The van der Waals surface area contributed by atoms with Crippen LogP contribution in [0.3, 0.4) is 0 Å². The van der Waals surface area contributed by atoms with Crippen LogP contribution in [-0.4, -0.2) is 5.11 Å². The predicted octanol–water partition coefficient (Wildman–Crippen LogP) is 1.00. The largest absolute Gasteiger partial charge is 0.480 e. The lowest BCUT2D eigenvalue weighted by atomic mass is 9.99. The van der Waals surface area contributed by atoms with E-state index in [1.54, 1.807) is 0 Å². The van der Waals surface area contributed by atoms with Crippen LogP contribution in [-0.2, 0) is 12.8 Å². The lowest BCUT2D eigenvalue weighted by Gasteiger charge is -2.09. The third kappa shape index (κ3) is 1.03. The summed E-state index contributed by atoms with van der Waals surface area (Å²) in [6.45, 7) is 0. The van der Waals surface area contributed by atoms with Gasteiger partial charge in [0.2, 0.25) is 0 Å². The third-order valence-electron chi connectivity index (χ3n) is 1.96. The van der Waals surface area contributed by atoms with Crippen LogP contribution >= 0.6 is 0 Å². The maximum absolute atomic E-state index is 10.8. The Morgan fingerprint density at radius 2 is 2.08 bits per heavy atom. The van der Waals surface area contributed by atoms with E-state index in [0.29, 0.717) is 12.8 Å². The van der Waals surface area contributed by atoms with Crippen molar-refractivity contribution in [2.45, 2.75) is 12.8 Å². The quantitative estimate of drug-likeness (QED) is 0.582. The van der Waals surface area contributed by atoms with Crippen molar-refractivity contribution in [1.29, 1.82) is 0 Å². The Morgan fingerprint density at radius 1 is 1.33 bits per heavy atom. The standard InChI is InChI=1S/C9H8O3/c10-8-5-6-3-1-2-4-7(6)9(11)12-8/h1-2,5,11H,3-4H2. The molecule has 0 unspecified atom stereocenters. The van der Waals surface area contributed by atoms with Gasteiger partial charge in [0.1, 0.15) is 0 Å². The van der Waals surface area contributed by atoms with Gasteiger partial charge in [0.05, 0.1) is 0 Å². The van der Waals surface area contributed by atoms with Gasteiger partial charge in [0.25, 0.3) is 5.95 Å². The number of hydrogen-bond acceptors (Lipinski definition) is 3. The van der Waals surface area contributed by atoms with Crippen LogP contribution in [0.25, 0.3) is 0 Å². The van der Waals surface area contributed by atoms with Gasteiger partial charge in [0, 0.05) is 11.6 Å². The molecule has 0 atom stereocenters. The fraction of sp³-hybridized carbons (Fsp3) is 0.222. The fourth-order valence-electron chi connectivity index (χ4n) is 1.37. The summed E-state index contributed by atoms with van der Waals surface area (Å²) in [7, 11) is 0. The molecule has 1 aliphatic carbocycles. The topological polar surface area (TPSA) is 50.4 Å². The molecule has 2 rings (SSSR count). The first-order valence-corrected chi connectivity index (χ1v) is 3.77. The lowest BCUT2D eigenvalue weighted by Crippen LogP contribution is -2.05. The minimum atomic E-state index is -0.485. The van der Waals surface area contributed by atoms with Gasteiger partial charge in [-0.25, -0.2) is 4.79 Å². The Labute approximate surface area is 69.0 Å². The first-order valence-electron chi connectivity index (χ1n) is 3.77. The summed E-state index contributed by atoms with van der Waals surface area (Å²) in [5.41, 5.74) is 1.12. The van der Waals surface area contributed by atoms with Gasteiger partial charge in [-0.3, -0.25) is 0 Å². The molecule has 12 heavy (non-hydrogen) atoms. The lowest BCUT2D eigenvalue weighted by molar-refractivity contribution is 0.303. The predicted molar refractivity (Wildman–Crippen MR) is 43.2 cm³/mol. The molecule has 0 amide bonds. The van der Waals surface area contributed by atoms with Crippen molar-refractivity contribution in [3.05, 3.63) is 39.8 Å². The van der Waals surface area contributed by atoms with Crippen molar-refractivity contribution >= 4 is 0 Å². The monoisotopic (exact) mass is 164 g/mol. The summed E-state index contributed by atoms with van der Waals surface area (Å²) in [6.07, 6.45) is 5.27. The highest BCUT2D eigenvalue weighted by molar-refractivity contribution is 5.37. The molecule has 1 heterocycles. The average molecular weight is 164 g/mol. The summed E-state index contributed by atoms with van der Waals surface area (Å²) in [6, 6.07) is 1.43. The van der Waals surface area contributed by atoms with Crippen LogP contribution < -0.4 is 5.63 Å². The average Bonchev–Trinajstić information content (AvgIpc) is 2.04. The molecule has 0 bridgehead atoms. The second-order valence-electron chi connectivity index (χ2n) is 2.75. The minimum absolute atomic E-state index is 0.234. The van der Waals surface area contributed by atoms with Crippen LogP contribution in [0.5, 0.6) is 5.95 Å². The molecular formula is C9H8O3. The number of rotatable bonds is 0. The van der Waals surface area contributed by atoms with E-state index < -0.39 is 5.63 Å². The number of aromatic hydroxyl groups is 1. The van der Waals surface area contributed by atoms with Gasteiger partial charge in [-0.15, -0.1) is 0 Å². The molecule has 0 aliphatic heterocycles. The highest BCUT2D eigenvalue weighted by atomic mass is 16.5. The molecule has 1 N–H and O–H groups in total. The maximum Gasteiger partial charge on any atom is 0.338 e. The van der Waals surface area contributed by atoms with Crippen LogP contribution in [0, 0.1) is 0 Å². The maximum atomic E-state index is 10.8. The van der Waals surface area contributed by atoms with E-state index in [1.165, 1.54) is 6.07 Å². The molecule has 3 nitrogen and oxygen atoms in total. The summed E-state index contributed by atoms with van der Waals surface area (Å²) < 4.78 is 4.54. The van der Waals surface area contributed by atoms with Gasteiger partial charge in [0.15, 0.2) is 0 Å². The second kappa shape index (κ2) is 2.52. The minimum Gasteiger partial charge on any atom is -0.480 e. The number of hydrogen-bond donors (Lipinski definition) is 1. The zero-order valence-corrected chi connectivity index (χ0v) is 6.41. The molecule has 0 fully saturated rings. The molecule has 3 heteroatoms. The molecule has 0 radical (unpaired) electrons. The van der Waals surface area contributed by atoms with Crippen LogP contribution in [0.15, 0.2) is 27.4 Å². The van der Waals surface area contributed by atoms with E-state index in [0.717, 1.165) is 11.1 Å². The Kier molecular flexibility index (Phi) is 1.50. The highest BCUT2D eigenvalue weighted by Gasteiger charge is 2.12. The second-order valence-corrected chi connectivity index (χ2v) is 2.75. The first kappa shape index (κ1) is 7.16. The molecule has 0 spiro atoms. The van der Waals surface area contributed by atoms with E-state index in [2.05, 4.69) is 4.42 Å². The summed E-state index contributed by atoms with van der Waals surface area (Å²) >= 11 is 0. The first-order chi connectivity index (χ1) is 5.77. The van der Waals surface area contributed by atoms with Crippen LogP contribution in [0.1, 0.15) is 11.1 Å². The zero-order valence-electron chi connectivity index (χ0n) is 6.41.